The number of ether oxygens (including phenoxy) is 2. The molecule has 1 saturated heterocycles. The molecule has 0 aromatic heterocycles. The number of esters is 2. The Hall–Kier alpha value is -1.88. The summed E-state index contributed by atoms with van der Waals surface area (Å²) in [5, 5.41) is 10.1. The number of rotatable bonds is 0. The maximum atomic E-state index is 11.8. The van der Waals surface area contributed by atoms with E-state index in [9.17, 15) is 14.7 Å². The summed E-state index contributed by atoms with van der Waals surface area (Å²) < 4.78 is 10.6. The first-order chi connectivity index (χ1) is 9.47. The third kappa shape index (κ3) is 1.98. The lowest BCUT2D eigenvalue weighted by Gasteiger charge is -2.21. The van der Waals surface area contributed by atoms with Gasteiger partial charge in [-0.05, 0) is 37.5 Å². The highest BCUT2D eigenvalue weighted by molar-refractivity contribution is 5.93. The molecule has 4 atom stereocenters. The minimum Gasteiger partial charge on any atom is -0.454 e. The number of aliphatic hydroxyl groups is 1. The van der Waals surface area contributed by atoms with Crippen LogP contribution >= 0.6 is 0 Å². The summed E-state index contributed by atoms with van der Waals surface area (Å²) in [6.45, 7) is 5.53. The van der Waals surface area contributed by atoms with Crippen molar-refractivity contribution in [1.82, 2.24) is 0 Å². The van der Waals surface area contributed by atoms with Crippen molar-refractivity contribution in [2.24, 2.45) is 5.92 Å². The molecular formula is C15H16O5. The Morgan fingerprint density at radius 2 is 1.85 bits per heavy atom. The average molecular weight is 276 g/mol. The number of hydrogen-bond acceptors (Lipinski definition) is 5. The van der Waals surface area contributed by atoms with Gasteiger partial charge >= 0.3 is 11.9 Å². The number of carbonyl (C=O) groups excluding carboxylic acids is 2. The monoisotopic (exact) mass is 276 g/mol. The molecule has 1 N–H and O–H groups in total. The lowest BCUT2D eigenvalue weighted by Crippen LogP contribution is -2.28. The van der Waals surface area contributed by atoms with E-state index in [0.29, 0.717) is 24.0 Å². The van der Waals surface area contributed by atoms with Crippen LogP contribution in [0.3, 0.4) is 0 Å². The fraction of sp³-hybridized carbons (Fsp3) is 0.467. The van der Waals surface area contributed by atoms with E-state index in [-0.39, 0.29) is 5.97 Å². The van der Waals surface area contributed by atoms with Crippen LogP contribution in [0.2, 0.25) is 0 Å². The minimum absolute atomic E-state index is 0.310. The highest BCUT2D eigenvalue weighted by atomic mass is 16.6. The Balaban J connectivity index is 2.02. The van der Waals surface area contributed by atoms with Gasteiger partial charge in [0.25, 0.3) is 0 Å². The largest absolute Gasteiger partial charge is 0.454 e. The van der Waals surface area contributed by atoms with Crippen molar-refractivity contribution in [3.8, 4) is 0 Å². The van der Waals surface area contributed by atoms with E-state index < -0.39 is 30.2 Å². The standard InChI is InChI=1S/C15H16O5/c1-7-5-11-13(8(2)14(17)19-11)12-6-9(15(18)20-12)3-4-10(7)16/h5-6,10-13,16H,2-4H2,1H3/b7-5-/t10-,11-,12+,13+/m0/s1. The second kappa shape index (κ2) is 4.59. The van der Waals surface area contributed by atoms with Gasteiger partial charge in [-0.2, -0.15) is 0 Å². The quantitative estimate of drug-likeness (QED) is 0.406. The molecule has 5 nitrogen and oxygen atoms in total. The molecule has 1 fully saturated rings. The van der Waals surface area contributed by atoms with Crippen molar-refractivity contribution in [2.75, 3.05) is 0 Å². The molecule has 20 heavy (non-hydrogen) atoms. The van der Waals surface area contributed by atoms with E-state index in [1.54, 1.807) is 19.1 Å². The molecule has 1 aliphatic carbocycles. The normalized spacial score (nSPS) is 39.4. The third-order valence-corrected chi connectivity index (χ3v) is 4.13. The fourth-order valence-electron chi connectivity index (χ4n) is 2.88. The molecule has 106 valence electrons. The topological polar surface area (TPSA) is 72.8 Å². The van der Waals surface area contributed by atoms with Crippen molar-refractivity contribution >= 4 is 11.9 Å². The molecule has 0 radical (unpaired) electrons. The molecule has 0 unspecified atom stereocenters. The van der Waals surface area contributed by atoms with E-state index in [1.807, 2.05) is 0 Å². The first kappa shape index (κ1) is 13.1. The Labute approximate surface area is 116 Å². The van der Waals surface area contributed by atoms with Gasteiger partial charge in [-0.25, -0.2) is 9.59 Å². The third-order valence-electron chi connectivity index (χ3n) is 4.13. The maximum absolute atomic E-state index is 11.8. The zero-order valence-corrected chi connectivity index (χ0v) is 11.2. The van der Waals surface area contributed by atoms with E-state index in [2.05, 4.69) is 6.58 Å². The molecule has 0 saturated carbocycles. The molecule has 2 bridgehead atoms. The summed E-state index contributed by atoms with van der Waals surface area (Å²) >= 11 is 0. The van der Waals surface area contributed by atoms with E-state index in [0.717, 1.165) is 5.57 Å². The van der Waals surface area contributed by atoms with Gasteiger partial charge in [0, 0.05) is 11.1 Å². The predicted molar refractivity (Wildman–Crippen MR) is 69.5 cm³/mol. The van der Waals surface area contributed by atoms with Crippen LogP contribution in [-0.2, 0) is 19.1 Å². The van der Waals surface area contributed by atoms with Crippen LogP contribution in [0, 0.1) is 5.92 Å². The average Bonchev–Trinajstić information content (AvgIpc) is 2.87. The van der Waals surface area contributed by atoms with E-state index in [1.165, 1.54) is 0 Å². The van der Waals surface area contributed by atoms with Gasteiger partial charge in [0.1, 0.15) is 12.2 Å². The molecule has 2 heterocycles. The van der Waals surface area contributed by atoms with Crippen molar-refractivity contribution < 1.29 is 24.2 Å². The van der Waals surface area contributed by atoms with Crippen molar-refractivity contribution in [1.29, 1.82) is 0 Å². The molecule has 2 aliphatic heterocycles. The van der Waals surface area contributed by atoms with Crippen LogP contribution in [0.5, 0.6) is 0 Å². The van der Waals surface area contributed by atoms with Crippen molar-refractivity contribution in [2.45, 2.75) is 38.1 Å². The minimum atomic E-state index is -0.658. The summed E-state index contributed by atoms with van der Waals surface area (Å²) in [5.74, 6) is -1.27. The molecule has 0 aromatic rings. The molecular weight excluding hydrogens is 260 g/mol. The molecule has 5 heteroatoms. The van der Waals surface area contributed by atoms with Crippen molar-refractivity contribution in [3.05, 3.63) is 35.5 Å². The van der Waals surface area contributed by atoms with Crippen LogP contribution < -0.4 is 0 Å². The van der Waals surface area contributed by atoms with Gasteiger partial charge in [-0.15, -0.1) is 0 Å². The number of carbonyl (C=O) groups is 2. The van der Waals surface area contributed by atoms with Gasteiger partial charge in [0.2, 0.25) is 0 Å². The van der Waals surface area contributed by atoms with E-state index in [4.69, 9.17) is 9.47 Å². The summed E-state index contributed by atoms with van der Waals surface area (Å²) in [4.78, 5) is 23.5. The van der Waals surface area contributed by atoms with E-state index >= 15 is 0 Å². The zero-order chi connectivity index (χ0) is 14.4. The van der Waals surface area contributed by atoms with Gasteiger partial charge in [0.05, 0.1) is 12.0 Å². The smallest absolute Gasteiger partial charge is 0.334 e. The predicted octanol–water partition coefficient (Wildman–Crippen LogP) is 1.04. The Kier molecular flexibility index (Phi) is 3.01. The summed E-state index contributed by atoms with van der Waals surface area (Å²) in [6, 6.07) is 0. The first-order valence-electron chi connectivity index (χ1n) is 6.65. The Morgan fingerprint density at radius 1 is 1.20 bits per heavy atom. The molecule has 3 rings (SSSR count). The molecule has 0 amide bonds. The van der Waals surface area contributed by atoms with Crippen LogP contribution in [-0.4, -0.2) is 35.4 Å². The maximum Gasteiger partial charge on any atom is 0.334 e. The highest BCUT2D eigenvalue weighted by Crippen LogP contribution is 2.37. The highest BCUT2D eigenvalue weighted by Gasteiger charge is 2.46. The Morgan fingerprint density at radius 3 is 2.60 bits per heavy atom. The van der Waals surface area contributed by atoms with Crippen molar-refractivity contribution in [3.63, 3.8) is 0 Å². The number of hydrogen-bond donors (Lipinski definition) is 1. The zero-order valence-electron chi connectivity index (χ0n) is 11.2. The van der Waals surface area contributed by atoms with Crippen LogP contribution in [0.15, 0.2) is 35.5 Å². The van der Waals surface area contributed by atoms with Gasteiger partial charge in [-0.3, -0.25) is 0 Å². The first-order valence-corrected chi connectivity index (χ1v) is 6.65. The van der Waals surface area contributed by atoms with Crippen LogP contribution in [0.4, 0.5) is 0 Å². The fourth-order valence-corrected chi connectivity index (χ4v) is 2.88. The number of fused-ring (bicyclic) bond motifs is 3. The van der Waals surface area contributed by atoms with Gasteiger partial charge < -0.3 is 14.6 Å². The lowest BCUT2D eigenvalue weighted by atomic mass is 9.87. The van der Waals surface area contributed by atoms with Gasteiger partial charge in [0.15, 0.2) is 0 Å². The Bertz CT molecular complexity index is 557. The summed E-state index contributed by atoms with van der Waals surface area (Å²) in [7, 11) is 0. The lowest BCUT2D eigenvalue weighted by molar-refractivity contribution is -0.141. The second-order valence-electron chi connectivity index (χ2n) is 5.45. The number of aliphatic hydroxyl groups excluding tert-OH is 1. The summed E-state index contributed by atoms with van der Waals surface area (Å²) in [5.41, 5.74) is 1.59. The van der Waals surface area contributed by atoms with Gasteiger partial charge in [-0.1, -0.05) is 6.58 Å². The molecule has 0 aromatic carbocycles. The summed E-state index contributed by atoms with van der Waals surface area (Å²) in [6.07, 6.45) is 2.65. The second-order valence-corrected chi connectivity index (χ2v) is 5.45. The molecule has 0 spiro atoms. The van der Waals surface area contributed by atoms with Crippen LogP contribution in [0.1, 0.15) is 19.8 Å². The molecule has 3 aliphatic rings. The van der Waals surface area contributed by atoms with Crippen LogP contribution in [0.25, 0.3) is 0 Å². The SMILES string of the molecule is C=C1C(=O)O[C@H]2/C=C(/C)[C@@H](O)CCC3=C[C@@H](OC3=O)[C@H]12.